The largest absolute Gasteiger partial charge is 0.491 e. The van der Waals surface area contributed by atoms with Crippen LogP contribution >= 0.6 is 0 Å². The zero-order valence-corrected chi connectivity index (χ0v) is 21.9. The van der Waals surface area contributed by atoms with Gasteiger partial charge in [-0.25, -0.2) is 4.39 Å². The Hall–Kier alpha value is -3.95. The molecule has 1 heterocycles. The van der Waals surface area contributed by atoms with Crippen LogP contribution in [0.5, 0.6) is 5.75 Å². The molecule has 0 unspecified atom stereocenters. The van der Waals surface area contributed by atoms with Crippen molar-refractivity contribution in [3.05, 3.63) is 65.5 Å². The Morgan fingerprint density at radius 3 is 2.47 bits per heavy atom. The molecule has 204 valence electrons. The molecule has 9 nitrogen and oxygen atoms in total. The van der Waals surface area contributed by atoms with Crippen LogP contribution in [0.3, 0.4) is 0 Å². The van der Waals surface area contributed by atoms with E-state index in [1.807, 2.05) is 13.8 Å². The van der Waals surface area contributed by atoms with Gasteiger partial charge in [-0.05, 0) is 55.5 Å². The third-order valence-electron chi connectivity index (χ3n) is 6.18. The predicted octanol–water partition coefficient (Wildman–Crippen LogP) is 2.10. The molecule has 2 aromatic rings. The molecule has 10 heteroatoms. The van der Waals surface area contributed by atoms with E-state index in [9.17, 15) is 23.6 Å². The molecule has 0 spiro atoms. The Kier molecular flexibility index (Phi) is 10.2. The van der Waals surface area contributed by atoms with Crippen molar-refractivity contribution in [1.82, 2.24) is 21.3 Å². The summed E-state index contributed by atoms with van der Waals surface area (Å²) in [5.74, 6) is -1.92. The van der Waals surface area contributed by atoms with Crippen LogP contribution in [0.2, 0.25) is 0 Å². The molecule has 0 aliphatic carbocycles. The number of nitrogens with one attached hydrogen (secondary N) is 4. The van der Waals surface area contributed by atoms with Gasteiger partial charge in [-0.15, -0.1) is 0 Å². The first-order valence-electron chi connectivity index (χ1n) is 12.8. The molecular weight excluding hydrogens is 491 g/mol. The van der Waals surface area contributed by atoms with Crippen LogP contribution in [0.4, 0.5) is 4.39 Å². The number of fused-ring (bicyclic) bond motifs is 1. The summed E-state index contributed by atoms with van der Waals surface area (Å²) in [4.78, 5) is 51.8. The minimum atomic E-state index is -1.01. The van der Waals surface area contributed by atoms with Crippen molar-refractivity contribution in [3.8, 4) is 5.75 Å². The van der Waals surface area contributed by atoms with Crippen LogP contribution in [0.25, 0.3) is 0 Å². The molecule has 1 aliphatic heterocycles. The zero-order valence-electron chi connectivity index (χ0n) is 21.9. The van der Waals surface area contributed by atoms with Gasteiger partial charge >= 0.3 is 0 Å². The third-order valence-corrected chi connectivity index (χ3v) is 6.18. The van der Waals surface area contributed by atoms with Crippen LogP contribution in [-0.2, 0) is 20.8 Å². The predicted molar refractivity (Wildman–Crippen MR) is 140 cm³/mol. The molecule has 1 aliphatic rings. The highest BCUT2D eigenvalue weighted by Gasteiger charge is 2.28. The average Bonchev–Trinajstić information content (AvgIpc) is 2.89. The van der Waals surface area contributed by atoms with Crippen LogP contribution < -0.4 is 26.0 Å². The van der Waals surface area contributed by atoms with Crippen molar-refractivity contribution in [2.45, 2.75) is 58.2 Å². The number of ether oxygens (including phenoxy) is 1. The molecule has 0 aromatic heterocycles. The van der Waals surface area contributed by atoms with Gasteiger partial charge in [0.1, 0.15) is 30.3 Å². The second-order valence-electron chi connectivity index (χ2n) is 9.74. The van der Waals surface area contributed by atoms with Gasteiger partial charge in [0.05, 0.1) is 11.6 Å². The summed E-state index contributed by atoms with van der Waals surface area (Å²) in [7, 11) is 0. The molecule has 0 saturated carbocycles. The maximum atomic E-state index is 13.2. The average molecular weight is 527 g/mol. The Morgan fingerprint density at radius 2 is 1.76 bits per heavy atom. The van der Waals surface area contributed by atoms with Gasteiger partial charge in [-0.2, -0.15) is 0 Å². The van der Waals surface area contributed by atoms with E-state index >= 15 is 0 Å². The fourth-order valence-electron chi connectivity index (χ4n) is 4.03. The fraction of sp³-hybridized carbons (Fsp3) is 0.429. The van der Waals surface area contributed by atoms with E-state index in [0.29, 0.717) is 12.2 Å². The van der Waals surface area contributed by atoms with Gasteiger partial charge in [0.15, 0.2) is 0 Å². The first-order valence-corrected chi connectivity index (χ1v) is 12.8. The van der Waals surface area contributed by atoms with Crippen LogP contribution in [0.1, 0.15) is 49.5 Å². The van der Waals surface area contributed by atoms with Crippen LogP contribution in [0.15, 0.2) is 48.5 Å². The summed E-state index contributed by atoms with van der Waals surface area (Å²) in [5, 5.41) is 11.1. The first-order chi connectivity index (χ1) is 18.1. The molecule has 0 fully saturated rings. The number of hydrogen-bond donors (Lipinski definition) is 4. The van der Waals surface area contributed by atoms with Gasteiger partial charge in [-0.1, -0.05) is 38.1 Å². The van der Waals surface area contributed by atoms with Crippen LogP contribution in [-0.4, -0.2) is 54.9 Å². The van der Waals surface area contributed by atoms with E-state index in [0.717, 1.165) is 5.56 Å². The Balaban J connectivity index is 1.78. The molecule has 3 rings (SSSR count). The number of amides is 4. The number of para-hydroxylation sites is 1. The van der Waals surface area contributed by atoms with Gasteiger partial charge in [0.2, 0.25) is 17.7 Å². The molecule has 38 heavy (non-hydrogen) atoms. The quantitative estimate of drug-likeness (QED) is 0.475. The van der Waals surface area contributed by atoms with Gasteiger partial charge < -0.3 is 26.0 Å². The standard InChI is InChI=1S/C28H35FN4O5/c1-17(2)25-28(37)31-18(3)16-38-23-7-5-4-6-21(23)26(35)32-22(12-13-24(34)33-25)27(36)30-15-14-19-8-10-20(29)11-9-19/h4-11,17-18,22,25H,12-16H2,1-3H3,(H,30,36)(H,31,37)(H,32,35)(H,33,34)/t18-,22-,25+/m0/s1. The Bertz CT molecular complexity index is 1140. The summed E-state index contributed by atoms with van der Waals surface area (Å²) in [6, 6.07) is 10.4. The molecular formula is C28H35FN4O5. The molecule has 3 atom stereocenters. The first kappa shape index (κ1) is 28.6. The second kappa shape index (κ2) is 13.6. The van der Waals surface area contributed by atoms with Crippen molar-refractivity contribution in [2.75, 3.05) is 13.2 Å². The lowest BCUT2D eigenvalue weighted by molar-refractivity contribution is -0.131. The lowest BCUT2D eigenvalue weighted by Crippen LogP contribution is -2.52. The van der Waals surface area contributed by atoms with Crippen molar-refractivity contribution in [2.24, 2.45) is 5.92 Å². The summed E-state index contributed by atoms with van der Waals surface area (Å²) in [6.07, 6.45) is 0.402. The molecule has 0 bridgehead atoms. The lowest BCUT2D eigenvalue weighted by Gasteiger charge is -2.24. The number of rotatable bonds is 5. The van der Waals surface area contributed by atoms with E-state index < -0.39 is 29.8 Å². The maximum absolute atomic E-state index is 13.2. The van der Waals surface area contributed by atoms with E-state index in [2.05, 4.69) is 21.3 Å². The molecule has 2 aromatic carbocycles. The van der Waals surface area contributed by atoms with Gasteiger partial charge in [-0.3, -0.25) is 19.2 Å². The van der Waals surface area contributed by atoms with Crippen molar-refractivity contribution in [3.63, 3.8) is 0 Å². The third kappa shape index (κ3) is 8.29. The van der Waals surface area contributed by atoms with Crippen LogP contribution in [0, 0.1) is 11.7 Å². The highest BCUT2D eigenvalue weighted by Crippen LogP contribution is 2.19. The number of carbonyl (C=O) groups excluding carboxylic acids is 4. The maximum Gasteiger partial charge on any atom is 0.255 e. The normalized spacial score (nSPS) is 21.1. The van der Waals surface area contributed by atoms with Gasteiger partial charge in [0.25, 0.3) is 5.91 Å². The fourth-order valence-corrected chi connectivity index (χ4v) is 4.03. The highest BCUT2D eigenvalue weighted by molar-refractivity contribution is 5.99. The highest BCUT2D eigenvalue weighted by atomic mass is 19.1. The number of carbonyl (C=O) groups is 4. The smallest absolute Gasteiger partial charge is 0.255 e. The van der Waals surface area contributed by atoms with Crippen molar-refractivity contribution < 1.29 is 28.3 Å². The number of halogens is 1. The van der Waals surface area contributed by atoms with E-state index in [1.165, 1.54) is 12.1 Å². The molecule has 4 amide bonds. The summed E-state index contributed by atoms with van der Waals surface area (Å²) in [5.41, 5.74) is 1.07. The minimum absolute atomic E-state index is 0.0197. The summed E-state index contributed by atoms with van der Waals surface area (Å²) >= 11 is 0. The second-order valence-corrected chi connectivity index (χ2v) is 9.74. The molecule has 0 saturated heterocycles. The molecule has 0 radical (unpaired) electrons. The topological polar surface area (TPSA) is 126 Å². The SMILES string of the molecule is CC(C)[C@H]1NC(=O)CC[C@@H](C(=O)NCCc2ccc(F)cc2)NC(=O)c2ccccc2OC[C@H](C)NC1=O. The van der Waals surface area contributed by atoms with E-state index in [4.69, 9.17) is 4.74 Å². The van der Waals surface area contributed by atoms with E-state index in [-0.39, 0.29) is 55.2 Å². The molecule has 4 N–H and O–H groups in total. The minimum Gasteiger partial charge on any atom is -0.491 e. The van der Waals surface area contributed by atoms with Gasteiger partial charge in [0, 0.05) is 13.0 Å². The van der Waals surface area contributed by atoms with E-state index in [1.54, 1.807) is 43.3 Å². The number of hydrogen-bond acceptors (Lipinski definition) is 5. The Labute approximate surface area is 221 Å². The summed E-state index contributed by atoms with van der Waals surface area (Å²) in [6.45, 7) is 5.78. The zero-order chi connectivity index (χ0) is 27.7. The lowest BCUT2D eigenvalue weighted by atomic mass is 10.0. The Morgan fingerprint density at radius 1 is 1.05 bits per heavy atom. The van der Waals surface area contributed by atoms with Crippen molar-refractivity contribution >= 4 is 23.6 Å². The summed E-state index contributed by atoms with van der Waals surface area (Å²) < 4.78 is 19.0. The number of benzene rings is 2. The monoisotopic (exact) mass is 526 g/mol. The van der Waals surface area contributed by atoms with Crippen molar-refractivity contribution in [1.29, 1.82) is 0 Å².